The van der Waals surface area contributed by atoms with Gasteiger partial charge in [0.2, 0.25) is 0 Å². The smallest absolute Gasteiger partial charge is 0.143 e. The van der Waals surface area contributed by atoms with Gasteiger partial charge >= 0.3 is 0 Å². The highest BCUT2D eigenvalue weighted by Crippen LogP contribution is 2.12. The van der Waals surface area contributed by atoms with Crippen LogP contribution in [0.15, 0.2) is 42.7 Å². The van der Waals surface area contributed by atoms with Crippen LogP contribution in [0.3, 0.4) is 0 Å². The molecule has 0 aliphatic carbocycles. The van der Waals surface area contributed by atoms with Crippen molar-refractivity contribution >= 4 is 5.84 Å². The normalized spacial score (nSPS) is 11.0. The van der Waals surface area contributed by atoms with E-state index in [1.165, 1.54) is 12.3 Å². The van der Waals surface area contributed by atoms with Gasteiger partial charge in [-0.2, -0.15) is 11.0 Å². The number of nitrogen functional groups attached to an aromatic ring is 1. The van der Waals surface area contributed by atoms with E-state index in [0.29, 0.717) is 17.7 Å². The number of nitrogens with one attached hydrogen (secondary N) is 1. The SMILES string of the molecule is N=C(N)c1cc(CC=CON)n(Cc2ccccc2F)n1. The number of rotatable bonds is 6. The molecule has 0 atom stereocenters. The third kappa shape index (κ3) is 3.67. The summed E-state index contributed by atoms with van der Waals surface area (Å²) in [6.07, 6.45) is 3.51. The van der Waals surface area contributed by atoms with E-state index in [1.807, 2.05) is 0 Å². The Bertz CT molecular complexity index is 665. The minimum Gasteiger partial charge on any atom is -0.420 e. The zero-order chi connectivity index (χ0) is 15.2. The molecule has 2 rings (SSSR count). The Hall–Kier alpha value is -2.67. The van der Waals surface area contributed by atoms with Crippen molar-refractivity contribution in [2.75, 3.05) is 0 Å². The minimum absolute atomic E-state index is 0.136. The predicted octanol–water partition coefficient (Wildman–Crippen LogP) is 1.30. The lowest BCUT2D eigenvalue weighted by Crippen LogP contribution is -2.13. The lowest BCUT2D eigenvalue weighted by atomic mass is 10.2. The third-order valence-electron chi connectivity index (χ3n) is 2.92. The Morgan fingerprint density at radius 2 is 2.19 bits per heavy atom. The molecular weight excluding hydrogens is 273 g/mol. The van der Waals surface area contributed by atoms with Gasteiger partial charge < -0.3 is 10.6 Å². The molecule has 0 fully saturated rings. The van der Waals surface area contributed by atoms with Crippen LogP contribution in [0.2, 0.25) is 0 Å². The van der Waals surface area contributed by atoms with Crippen LogP contribution in [0.4, 0.5) is 4.39 Å². The number of nitrogens with zero attached hydrogens (tertiary/aromatic N) is 2. The van der Waals surface area contributed by atoms with E-state index in [4.69, 9.17) is 17.0 Å². The Kier molecular flexibility index (Phi) is 4.68. The van der Waals surface area contributed by atoms with E-state index in [2.05, 4.69) is 9.94 Å². The second-order valence-corrected chi connectivity index (χ2v) is 4.40. The van der Waals surface area contributed by atoms with Crippen LogP contribution >= 0.6 is 0 Å². The number of amidine groups is 1. The maximum absolute atomic E-state index is 13.7. The summed E-state index contributed by atoms with van der Waals surface area (Å²) >= 11 is 0. The van der Waals surface area contributed by atoms with Gasteiger partial charge in [0.25, 0.3) is 0 Å². The number of nitrogens with two attached hydrogens (primary N) is 2. The Morgan fingerprint density at radius 1 is 1.43 bits per heavy atom. The lowest BCUT2D eigenvalue weighted by Gasteiger charge is -2.07. The first-order valence-corrected chi connectivity index (χ1v) is 6.27. The molecule has 0 aliphatic rings. The molecule has 110 valence electrons. The van der Waals surface area contributed by atoms with Gasteiger partial charge in [0, 0.05) is 17.7 Å². The van der Waals surface area contributed by atoms with Crippen LogP contribution in [-0.4, -0.2) is 15.6 Å². The molecule has 2 aromatic rings. The third-order valence-corrected chi connectivity index (χ3v) is 2.92. The molecular formula is C14H16FN5O. The van der Waals surface area contributed by atoms with Crippen LogP contribution in [0.25, 0.3) is 0 Å². The van der Waals surface area contributed by atoms with Crippen molar-refractivity contribution in [3.63, 3.8) is 0 Å². The van der Waals surface area contributed by atoms with Crippen molar-refractivity contribution in [1.82, 2.24) is 9.78 Å². The van der Waals surface area contributed by atoms with Crippen molar-refractivity contribution < 1.29 is 9.23 Å². The largest absolute Gasteiger partial charge is 0.420 e. The van der Waals surface area contributed by atoms with Crippen molar-refractivity contribution in [3.05, 3.63) is 65.4 Å². The zero-order valence-corrected chi connectivity index (χ0v) is 11.3. The number of halogens is 1. The maximum atomic E-state index is 13.7. The molecule has 0 radical (unpaired) electrons. The molecule has 6 nitrogen and oxygen atoms in total. The standard InChI is InChI=1S/C14H16FN5O/c15-12-6-2-1-4-10(12)9-20-11(5-3-7-21-18)8-13(19-20)14(16)17/h1-4,6-8H,5,9,18H2,(H3,16,17). The van der Waals surface area contributed by atoms with Crippen molar-refractivity contribution in [2.24, 2.45) is 11.6 Å². The van der Waals surface area contributed by atoms with Gasteiger partial charge in [-0.15, -0.1) is 0 Å². The summed E-state index contributed by atoms with van der Waals surface area (Å²) in [5.74, 6) is 4.48. The van der Waals surface area contributed by atoms with Crippen LogP contribution < -0.4 is 11.6 Å². The van der Waals surface area contributed by atoms with E-state index < -0.39 is 0 Å². The molecule has 1 aromatic heterocycles. The Balaban J connectivity index is 2.30. The van der Waals surface area contributed by atoms with Crippen LogP contribution in [-0.2, 0) is 17.8 Å². The molecule has 1 heterocycles. The second kappa shape index (κ2) is 6.67. The van der Waals surface area contributed by atoms with Gasteiger partial charge in [0.15, 0.2) is 0 Å². The average Bonchev–Trinajstić information content (AvgIpc) is 2.85. The summed E-state index contributed by atoms with van der Waals surface area (Å²) in [4.78, 5) is 4.36. The van der Waals surface area contributed by atoms with Gasteiger partial charge in [0.05, 0.1) is 6.54 Å². The Morgan fingerprint density at radius 3 is 2.86 bits per heavy atom. The molecule has 7 heteroatoms. The molecule has 1 aromatic carbocycles. The number of benzene rings is 1. The summed E-state index contributed by atoms with van der Waals surface area (Å²) in [6, 6.07) is 8.16. The van der Waals surface area contributed by atoms with Crippen molar-refractivity contribution in [1.29, 1.82) is 5.41 Å². The minimum atomic E-state index is -0.302. The topological polar surface area (TPSA) is 103 Å². The fourth-order valence-electron chi connectivity index (χ4n) is 1.90. The van der Waals surface area contributed by atoms with Gasteiger partial charge in [-0.1, -0.05) is 18.2 Å². The summed E-state index contributed by atoms with van der Waals surface area (Å²) in [7, 11) is 0. The molecule has 0 saturated carbocycles. The van der Waals surface area contributed by atoms with E-state index in [9.17, 15) is 4.39 Å². The lowest BCUT2D eigenvalue weighted by molar-refractivity contribution is 0.260. The monoisotopic (exact) mass is 289 g/mol. The molecule has 0 saturated heterocycles. The van der Waals surface area contributed by atoms with Crippen LogP contribution in [0.1, 0.15) is 17.0 Å². The van der Waals surface area contributed by atoms with E-state index in [1.54, 1.807) is 35.0 Å². The molecule has 0 unspecified atom stereocenters. The van der Waals surface area contributed by atoms with Crippen LogP contribution in [0, 0.1) is 11.2 Å². The maximum Gasteiger partial charge on any atom is 0.143 e. The fraction of sp³-hybridized carbons (Fsp3) is 0.143. The summed E-state index contributed by atoms with van der Waals surface area (Å²) in [5, 5.41) is 11.7. The van der Waals surface area contributed by atoms with Crippen molar-refractivity contribution in [3.8, 4) is 0 Å². The number of hydrogen-bond acceptors (Lipinski definition) is 4. The number of allylic oxidation sites excluding steroid dienone is 1. The van der Waals surface area contributed by atoms with Gasteiger partial charge in [-0.05, 0) is 18.2 Å². The quantitative estimate of drug-likeness (QED) is 0.323. The van der Waals surface area contributed by atoms with Gasteiger partial charge in [-0.25, -0.2) is 4.39 Å². The summed E-state index contributed by atoms with van der Waals surface area (Å²) < 4.78 is 15.3. The fourth-order valence-corrected chi connectivity index (χ4v) is 1.90. The second-order valence-electron chi connectivity index (χ2n) is 4.40. The number of hydrogen-bond donors (Lipinski definition) is 3. The molecule has 0 bridgehead atoms. The molecule has 5 N–H and O–H groups in total. The first-order valence-electron chi connectivity index (χ1n) is 6.27. The van der Waals surface area contributed by atoms with E-state index in [-0.39, 0.29) is 18.2 Å². The molecule has 0 aliphatic heterocycles. The summed E-state index contributed by atoms with van der Waals surface area (Å²) in [5.41, 5.74) is 7.08. The van der Waals surface area contributed by atoms with E-state index in [0.717, 1.165) is 5.69 Å². The average molecular weight is 289 g/mol. The highest BCUT2D eigenvalue weighted by molar-refractivity contribution is 5.93. The predicted molar refractivity (Wildman–Crippen MR) is 76.9 cm³/mol. The summed E-state index contributed by atoms with van der Waals surface area (Å²) in [6.45, 7) is 0.257. The van der Waals surface area contributed by atoms with E-state index >= 15 is 0 Å². The first-order chi connectivity index (χ1) is 10.1. The Labute approximate surface area is 121 Å². The first kappa shape index (κ1) is 14.7. The van der Waals surface area contributed by atoms with Crippen LogP contribution in [0.5, 0.6) is 0 Å². The van der Waals surface area contributed by atoms with Gasteiger partial charge in [0.1, 0.15) is 23.6 Å². The molecule has 0 spiro atoms. The molecule has 0 amide bonds. The van der Waals surface area contributed by atoms with Gasteiger partial charge in [-0.3, -0.25) is 10.1 Å². The molecule has 21 heavy (non-hydrogen) atoms. The van der Waals surface area contributed by atoms with Crippen molar-refractivity contribution in [2.45, 2.75) is 13.0 Å². The zero-order valence-electron chi connectivity index (χ0n) is 11.3. The highest BCUT2D eigenvalue weighted by atomic mass is 19.1. The number of aromatic nitrogens is 2. The highest BCUT2D eigenvalue weighted by Gasteiger charge is 2.11.